The standard InChI is InChI=1S/C16H20N2OS2/c1-11(2)14-8-13(10-21-14)16(19)18-6-3-4-12(9-18)15-17-5-7-20-15/h5,7-8,10-12H,3-4,6,9H2,1-2H3/t12-/m0/s1. The number of thiophene rings is 1. The topological polar surface area (TPSA) is 33.2 Å². The minimum Gasteiger partial charge on any atom is -0.338 e. The molecule has 1 aliphatic rings. The van der Waals surface area contributed by atoms with Crippen LogP contribution in [0.3, 0.4) is 0 Å². The average Bonchev–Trinajstić information content (AvgIpc) is 3.18. The van der Waals surface area contributed by atoms with Crippen molar-refractivity contribution in [2.24, 2.45) is 0 Å². The highest BCUT2D eigenvalue weighted by Gasteiger charge is 2.27. The van der Waals surface area contributed by atoms with Gasteiger partial charge in [0, 0.05) is 40.8 Å². The van der Waals surface area contributed by atoms with Gasteiger partial charge in [-0.3, -0.25) is 4.79 Å². The van der Waals surface area contributed by atoms with Crippen molar-refractivity contribution in [1.29, 1.82) is 0 Å². The fourth-order valence-corrected chi connectivity index (χ4v) is 4.42. The van der Waals surface area contributed by atoms with Crippen molar-refractivity contribution < 1.29 is 4.79 Å². The normalized spacial score (nSPS) is 19.2. The Kier molecular flexibility index (Phi) is 4.40. The van der Waals surface area contributed by atoms with E-state index >= 15 is 0 Å². The number of thiazole rings is 1. The van der Waals surface area contributed by atoms with E-state index < -0.39 is 0 Å². The summed E-state index contributed by atoms with van der Waals surface area (Å²) in [5, 5.41) is 5.19. The molecular weight excluding hydrogens is 300 g/mol. The first kappa shape index (κ1) is 14.7. The fraction of sp³-hybridized carbons (Fsp3) is 0.500. The van der Waals surface area contributed by atoms with E-state index in [1.807, 2.05) is 21.9 Å². The van der Waals surface area contributed by atoms with E-state index in [1.165, 1.54) is 9.88 Å². The summed E-state index contributed by atoms with van der Waals surface area (Å²) in [4.78, 5) is 20.4. The Morgan fingerprint density at radius 2 is 2.29 bits per heavy atom. The number of hydrogen-bond acceptors (Lipinski definition) is 4. The second kappa shape index (κ2) is 6.28. The van der Waals surface area contributed by atoms with Crippen molar-refractivity contribution >= 4 is 28.6 Å². The van der Waals surface area contributed by atoms with Crippen LogP contribution in [-0.2, 0) is 0 Å². The minimum absolute atomic E-state index is 0.180. The molecule has 3 heterocycles. The molecule has 5 heteroatoms. The molecule has 2 aromatic heterocycles. The SMILES string of the molecule is CC(C)c1cc(C(=O)N2CCC[C@H](c3nccs3)C2)cs1. The molecule has 1 atom stereocenters. The summed E-state index contributed by atoms with van der Waals surface area (Å²) < 4.78 is 0. The number of nitrogens with zero attached hydrogens (tertiary/aromatic N) is 2. The summed E-state index contributed by atoms with van der Waals surface area (Å²) in [5.74, 6) is 1.08. The molecular formula is C16H20N2OS2. The van der Waals surface area contributed by atoms with Crippen LogP contribution in [0.25, 0.3) is 0 Å². The van der Waals surface area contributed by atoms with E-state index in [9.17, 15) is 4.79 Å². The molecule has 1 saturated heterocycles. The van der Waals surface area contributed by atoms with E-state index in [2.05, 4.69) is 24.9 Å². The predicted octanol–water partition coefficient (Wildman–Crippen LogP) is 4.35. The molecule has 21 heavy (non-hydrogen) atoms. The van der Waals surface area contributed by atoms with Gasteiger partial charge in [-0.05, 0) is 24.8 Å². The van der Waals surface area contributed by atoms with Crippen molar-refractivity contribution in [3.63, 3.8) is 0 Å². The van der Waals surface area contributed by atoms with Crippen LogP contribution in [0.15, 0.2) is 23.0 Å². The van der Waals surface area contributed by atoms with Gasteiger partial charge in [0.05, 0.1) is 10.6 Å². The molecule has 0 aromatic carbocycles. The van der Waals surface area contributed by atoms with Crippen molar-refractivity contribution in [3.8, 4) is 0 Å². The van der Waals surface area contributed by atoms with E-state index in [4.69, 9.17) is 0 Å². The Morgan fingerprint density at radius 1 is 1.43 bits per heavy atom. The Bertz CT molecular complexity index is 604. The van der Waals surface area contributed by atoms with E-state index in [1.54, 1.807) is 22.7 Å². The first-order chi connectivity index (χ1) is 10.1. The van der Waals surface area contributed by atoms with Crippen LogP contribution in [0.4, 0.5) is 0 Å². The Morgan fingerprint density at radius 3 is 2.95 bits per heavy atom. The van der Waals surface area contributed by atoms with Crippen LogP contribution >= 0.6 is 22.7 Å². The molecule has 1 aliphatic heterocycles. The van der Waals surface area contributed by atoms with Crippen LogP contribution in [-0.4, -0.2) is 28.9 Å². The second-order valence-electron chi connectivity index (χ2n) is 5.85. The third-order valence-corrected chi connectivity index (χ3v) is 6.12. The van der Waals surface area contributed by atoms with Gasteiger partial charge in [-0.1, -0.05) is 13.8 Å². The van der Waals surface area contributed by atoms with Gasteiger partial charge in [-0.2, -0.15) is 0 Å². The lowest BCUT2D eigenvalue weighted by Crippen LogP contribution is -2.38. The molecule has 3 nitrogen and oxygen atoms in total. The average molecular weight is 320 g/mol. The maximum absolute atomic E-state index is 12.7. The maximum atomic E-state index is 12.7. The summed E-state index contributed by atoms with van der Waals surface area (Å²) in [6.45, 7) is 6.01. The number of likely N-dealkylation sites (tertiary alicyclic amines) is 1. The first-order valence-electron chi connectivity index (χ1n) is 7.42. The number of hydrogen-bond donors (Lipinski definition) is 0. The number of rotatable bonds is 3. The molecule has 0 spiro atoms. The maximum Gasteiger partial charge on any atom is 0.254 e. The van der Waals surface area contributed by atoms with Crippen LogP contribution in [0.2, 0.25) is 0 Å². The van der Waals surface area contributed by atoms with Gasteiger partial charge in [0.15, 0.2) is 0 Å². The lowest BCUT2D eigenvalue weighted by molar-refractivity contribution is 0.0707. The van der Waals surface area contributed by atoms with Gasteiger partial charge in [-0.15, -0.1) is 22.7 Å². The molecule has 0 unspecified atom stereocenters. The molecule has 0 saturated carbocycles. The van der Waals surface area contributed by atoms with Crippen LogP contribution in [0, 0.1) is 0 Å². The molecule has 1 fully saturated rings. The molecule has 3 rings (SSSR count). The lowest BCUT2D eigenvalue weighted by atomic mass is 9.98. The largest absolute Gasteiger partial charge is 0.338 e. The summed E-state index contributed by atoms with van der Waals surface area (Å²) in [6, 6.07) is 2.06. The highest BCUT2D eigenvalue weighted by Crippen LogP contribution is 2.30. The van der Waals surface area contributed by atoms with Gasteiger partial charge >= 0.3 is 0 Å². The monoisotopic (exact) mass is 320 g/mol. The smallest absolute Gasteiger partial charge is 0.254 e. The summed E-state index contributed by atoms with van der Waals surface area (Å²) in [5.41, 5.74) is 0.850. The van der Waals surface area contributed by atoms with Crippen LogP contribution in [0.5, 0.6) is 0 Å². The predicted molar refractivity (Wildman–Crippen MR) is 88.4 cm³/mol. The first-order valence-corrected chi connectivity index (χ1v) is 9.18. The molecule has 2 aromatic rings. The lowest BCUT2D eigenvalue weighted by Gasteiger charge is -2.31. The number of piperidine rings is 1. The number of carbonyl (C=O) groups is 1. The van der Waals surface area contributed by atoms with E-state index in [0.29, 0.717) is 11.8 Å². The van der Waals surface area contributed by atoms with Gasteiger partial charge in [-0.25, -0.2) is 4.98 Å². The number of aromatic nitrogens is 1. The third kappa shape index (κ3) is 3.19. The summed E-state index contributed by atoms with van der Waals surface area (Å²) >= 11 is 3.39. The van der Waals surface area contributed by atoms with Crippen molar-refractivity contribution in [1.82, 2.24) is 9.88 Å². The zero-order valence-corrected chi connectivity index (χ0v) is 14.0. The van der Waals surface area contributed by atoms with Crippen LogP contribution < -0.4 is 0 Å². The van der Waals surface area contributed by atoms with Crippen LogP contribution in [0.1, 0.15) is 58.8 Å². The second-order valence-corrected chi connectivity index (χ2v) is 7.72. The summed E-state index contributed by atoms with van der Waals surface area (Å²) in [7, 11) is 0. The highest BCUT2D eigenvalue weighted by atomic mass is 32.1. The van der Waals surface area contributed by atoms with E-state index in [0.717, 1.165) is 31.5 Å². The van der Waals surface area contributed by atoms with Gasteiger partial charge in [0.2, 0.25) is 0 Å². The molecule has 112 valence electrons. The highest BCUT2D eigenvalue weighted by molar-refractivity contribution is 7.10. The molecule has 1 amide bonds. The zero-order chi connectivity index (χ0) is 14.8. The van der Waals surface area contributed by atoms with Crippen molar-refractivity contribution in [2.45, 2.75) is 38.5 Å². The molecule has 0 aliphatic carbocycles. The Hall–Kier alpha value is -1.20. The number of carbonyl (C=O) groups excluding carboxylic acids is 1. The molecule has 0 N–H and O–H groups in total. The minimum atomic E-state index is 0.180. The van der Waals surface area contributed by atoms with Crippen molar-refractivity contribution in [2.75, 3.05) is 13.1 Å². The van der Waals surface area contributed by atoms with Crippen molar-refractivity contribution in [3.05, 3.63) is 38.5 Å². The van der Waals surface area contributed by atoms with Gasteiger partial charge < -0.3 is 4.90 Å². The summed E-state index contributed by atoms with van der Waals surface area (Å²) in [6.07, 6.45) is 4.06. The van der Waals surface area contributed by atoms with Gasteiger partial charge in [0.1, 0.15) is 0 Å². The third-order valence-electron chi connectivity index (χ3n) is 3.94. The zero-order valence-electron chi connectivity index (χ0n) is 12.4. The Balaban J connectivity index is 1.71. The molecule has 0 radical (unpaired) electrons. The number of amides is 1. The Labute approximate surface area is 133 Å². The van der Waals surface area contributed by atoms with E-state index in [-0.39, 0.29) is 5.91 Å². The molecule has 0 bridgehead atoms. The quantitative estimate of drug-likeness (QED) is 0.842. The van der Waals surface area contributed by atoms with Gasteiger partial charge in [0.25, 0.3) is 5.91 Å². The fourth-order valence-electron chi connectivity index (χ4n) is 2.75.